The standard InChI is InChI=1S/C58H35N3O3/c1-4-16-36(17-5-1)55-59-56(61-57(60-55)39-30-31-45-44-25-11-13-28-49(44)62-51(45)33-39)38-19-14-18-37(32-38)42-26-15-29-50-54(42)64-52-34-46-43-24-10-12-27-47(43)58(40-20-6-2-7-21-40,41-22-8-3-9-23-41)48(46)35-53(52)63-50/h1-35H. The molecular weight excluding hydrogens is 787 g/mol. The van der Waals surface area contributed by atoms with E-state index in [2.05, 4.69) is 133 Å². The fraction of sp³-hybridized carbons (Fsp3) is 0.0172. The molecule has 2 aromatic heterocycles. The molecule has 0 bridgehead atoms. The third-order valence-corrected chi connectivity index (χ3v) is 12.7. The Labute approximate surface area is 368 Å². The summed E-state index contributed by atoms with van der Waals surface area (Å²) < 4.78 is 20.1. The Bertz CT molecular complexity index is 3580. The summed E-state index contributed by atoms with van der Waals surface area (Å²) in [5, 5.41) is 2.12. The van der Waals surface area contributed by atoms with Crippen molar-refractivity contribution in [2.75, 3.05) is 0 Å². The van der Waals surface area contributed by atoms with Crippen LogP contribution in [0.15, 0.2) is 217 Å². The van der Waals surface area contributed by atoms with Crippen LogP contribution in [0.25, 0.3) is 78.4 Å². The number of rotatable bonds is 6. The predicted octanol–water partition coefficient (Wildman–Crippen LogP) is 14.7. The van der Waals surface area contributed by atoms with E-state index in [1.807, 2.05) is 78.9 Å². The molecule has 0 radical (unpaired) electrons. The van der Waals surface area contributed by atoms with E-state index in [9.17, 15) is 0 Å². The first-order chi connectivity index (χ1) is 31.7. The molecule has 3 heterocycles. The van der Waals surface area contributed by atoms with Gasteiger partial charge in [-0.1, -0.05) is 170 Å². The van der Waals surface area contributed by atoms with E-state index < -0.39 is 5.41 Å². The summed E-state index contributed by atoms with van der Waals surface area (Å²) in [5.41, 5.74) is 12.5. The number of fused-ring (bicyclic) bond motifs is 8. The van der Waals surface area contributed by atoms with Crippen molar-refractivity contribution in [1.29, 1.82) is 0 Å². The molecule has 64 heavy (non-hydrogen) atoms. The number of nitrogens with zero attached hydrogens (tertiary/aromatic N) is 3. The minimum absolute atomic E-state index is 0.551. The van der Waals surface area contributed by atoms with Crippen LogP contribution in [0.3, 0.4) is 0 Å². The summed E-state index contributed by atoms with van der Waals surface area (Å²) >= 11 is 0. The van der Waals surface area contributed by atoms with Crippen molar-refractivity contribution in [1.82, 2.24) is 15.0 Å². The fourth-order valence-electron chi connectivity index (χ4n) is 9.81. The van der Waals surface area contributed by atoms with Crippen molar-refractivity contribution in [2.45, 2.75) is 5.41 Å². The highest BCUT2D eigenvalue weighted by Gasteiger charge is 2.47. The Morgan fingerprint density at radius 3 is 1.69 bits per heavy atom. The van der Waals surface area contributed by atoms with Crippen molar-refractivity contribution >= 4 is 21.9 Å². The number of benzene rings is 9. The van der Waals surface area contributed by atoms with E-state index in [-0.39, 0.29) is 0 Å². The average molecular weight is 822 g/mol. The Hall–Kier alpha value is -8.61. The number of hydrogen-bond acceptors (Lipinski definition) is 6. The topological polar surface area (TPSA) is 70.3 Å². The van der Waals surface area contributed by atoms with Gasteiger partial charge in [-0.05, 0) is 81.4 Å². The highest BCUT2D eigenvalue weighted by atomic mass is 16.6. The molecule has 2 aliphatic rings. The maximum Gasteiger partial charge on any atom is 0.177 e. The minimum Gasteiger partial charge on any atom is -0.456 e. The quantitative estimate of drug-likeness (QED) is 0.166. The van der Waals surface area contributed by atoms with Crippen LogP contribution < -0.4 is 9.47 Å². The van der Waals surface area contributed by atoms with Crippen molar-refractivity contribution in [3.05, 3.63) is 235 Å². The van der Waals surface area contributed by atoms with Gasteiger partial charge in [-0.3, -0.25) is 0 Å². The molecule has 300 valence electrons. The largest absolute Gasteiger partial charge is 0.456 e. The second kappa shape index (κ2) is 14.2. The Balaban J connectivity index is 0.913. The molecule has 0 spiro atoms. The van der Waals surface area contributed by atoms with Crippen molar-refractivity contribution < 1.29 is 13.9 Å². The van der Waals surface area contributed by atoms with E-state index in [0.29, 0.717) is 40.5 Å². The summed E-state index contributed by atoms with van der Waals surface area (Å²) in [5.74, 6) is 4.32. The van der Waals surface area contributed by atoms with Crippen LogP contribution in [0.2, 0.25) is 0 Å². The number of para-hydroxylation sites is 2. The van der Waals surface area contributed by atoms with Gasteiger partial charge in [-0.15, -0.1) is 0 Å². The molecular formula is C58H35N3O3. The van der Waals surface area contributed by atoms with Crippen LogP contribution >= 0.6 is 0 Å². The lowest BCUT2D eigenvalue weighted by atomic mass is 9.67. The maximum absolute atomic E-state index is 6.96. The van der Waals surface area contributed by atoms with Gasteiger partial charge >= 0.3 is 0 Å². The zero-order valence-electron chi connectivity index (χ0n) is 34.3. The smallest absolute Gasteiger partial charge is 0.177 e. The molecule has 9 aromatic carbocycles. The zero-order valence-corrected chi connectivity index (χ0v) is 34.3. The molecule has 1 aliphatic heterocycles. The van der Waals surface area contributed by atoms with Crippen LogP contribution in [0.1, 0.15) is 22.3 Å². The fourth-order valence-corrected chi connectivity index (χ4v) is 9.81. The summed E-state index contributed by atoms with van der Waals surface area (Å²) in [7, 11) is 0. The molecule has 0 N–H and O–H groups in total. The van der Waals surface area contributed by atoms with Crippen LogP contribution in [0.5, 0.6) is 23.0 Å². The zero-order chi connectivity index (χ0) is 42.2. The summed E-state index contributed by atoms with van der Waals surface area (Å²) in [6.07, 6.45) is 0. The lowest BCUT2D eigenvalue weighted by molar-refractivity contribution is 0.360. The molecule has 0 unspecified atom stereocenters. The summed E-state index contributed by atoms with van der Waals surface area (Å²) in [4.78, 5) is 15.2. The first-order valence-corrected chi connectivity index (χ1v) is 21.4. The first kappa shape index (κ1) is 36.1. The highest BCUT2D eigenvalue weighted by Crippen LogP contribution is 2.60. The van der Waals surface area contributed by atoms with Gasteiger partial charge in [0.1, 0.15) is 11.2 Å². The van der Waals surface area contributed by atoms with Crippen LogP contribution in [-0.2, 0) is 5.41 Å². The van der Waals surface area contributed by atoms with E-state index in [1.165, 1.54) is 22.3 Å². The number of hydrogen-bond donors (Lipinski definition) is 0. The lowest BCUT2D eigenvalue weighted by Gasteiger charge is -2.34. The molecule has 6 nitrogen and oxygen atoms in total. The normalized spacial score (nSPS) is 13.1. The van der Waals surface area contributed by atoms with Crippen LogP contribution in [-0.4, -0.2) is 15.0 Å². The number of furan rings is 1. The second-order valence-corrected chi connectivity index (χ2v) is 16.3. The molecule has 1 aliphatic carbocycles. The third kappa shape index (κ3) is 5.56. The lowest BCUT2D eigenvalue weighted by Crippen LogP contribution is -2.28. The molecule has 6 heteroatoms. The van der Waals surface area contributed by atoms with Crippen molar-refractivity contribution in [2.24, 2.45) is 0 Å². The van der Waals surface area contributed by atoms with Crippen LogP contribution in [0, 0.1) is 0 Å². The molecule has 0 atom stereocenters. The SMILES string of the molecule is c1ccc(-c2nc(-c3cccc(-c4cccc5c4Oc4cc6c(cc4O5)C(c4ccccc4)(c4ccccc4)c4ccccc4-6)c3)nc(-c3ccc4c(c3)oc3ccccc34)n2)cc1. The molecule has 13 rings (SSSR count). The van der Waals surface area contributed by atoms with E-state index in [4.69, 9.17) is 28.8 Å². The van der Waals surface area contributed by atoms with Gasteiger partial charge in [-0.2, -0.15) is 0 Å². The summed E-state index contributed by atoms with van der Waals surface area (Å²) in [6, 6.07) is 73.2. The molecule has 0 saturated carbocycles. The van der Waals surface area contributed by atoms with Gasteiger partial charge in [0.15, 0.2) is 40.5 Å². The Kier molecular flexibility index (Phi) is 8.02. The average Bonchev–Trinajstić information content (AvgIpc) is 3.88. The van der Waals surface area contributed by atoms with Crippen molar-refractivity contribution in [3.8, 4) is 79.4 Å². The van der Waals surface area contributed by atoms with E-state index in [1.54, 1.807) is 0 Å². The number of aromatic nitrogens is 3. The van der Waals surface area contributed by atoms with Crippen molar-refractivity contribution in [3.63, 3.8) is 0 Å². The monoisotopic (exact) mass is 821 g/mol. The maximum atomic E-state index is 6.96. The highest BCUT2D eigenvalue weighted by molar-refractivity contribution is 6.05. The minimum atomic E-state index is -0.551. The molecule has 0 amide bonds. The van der Waals surface area contributed by atoms with E-state index in [0.717, 1.165) is 60.9 Å². The van der Waals surface area contributed by atoms with Crippen LogP contribution in [0.4, 0.5) is 0 Å². The predicted molar refractivity (Wildman–Crippen MR) is 253 cm³/mol. The van der Waals surface area contributed by atoms with Gasteiger partial charge < -0.3 is 13.9 Å². The molecule has 0 saturated heterocycles. The van der Waals surface area contributed by atoms with Gasteiger partial charge in [-0.25, -0.2) is 15.0 Å². The van der Waals surface area contributed by atoms with E-state index >= 15 is 0 Å². The van der Waals surface area contributed by atoms with Gasteiger partial charge in [0.25, 0.3) is 0 Å². The second-order valence-electron chi connectivity index (χ2n) is 16.3. The number of ether oxygens (including phenoxy) is 2. The third-order valence-electron chi connectivity index (χ3n) is 12.7. The summed E-state index contributed by atoms with van der Waals surface area (Å²) in [6.45, 7) is 0. The molecule has 0 fully saturated rings. The Morgan fingerprint density at radius 1 is 0.328 bits per heavy atom. The van der Waals surface area contributed by atoms with Gasteiger partial charge in [0.2, 0.25) is 0 Å². The molecule has 11 aromatic rings. The Morgan fingerprint density at radius 2 is 0.906 bits per heavy atom. The van der Waals surface area contributed by atoms with Gasteiger partial charge in [0.05, 0.1) is 5.41 Å². The van der Waals surface area contributed by atoms with Gasteiger partial charge in [0, 0.05) is 33.0 Å². The first-order valence-electron chi connectivity index (χ1n) is 21.4.